The molecule has 1 aromatic heterocycles. The van der Waals surface area contributed by atoms with Gasteiger partial charge < -0.3 is 10.4 Å². The molecule has 3 aromatic rings. The number of carboxylic acids is 1. The fourth-order valence-corrected chi connectivity index (χ4v) is 2.81. The Morgan fingerprint density at radius 2 is 1.81 bits per heavy atom. The number of carbonyl (C=O) groups excluding carboxylic acids is 1. The van der Waals surface area contributed by atoms with Crippen LogP contribution < -0.4 is 5.32 Å². The van der Waals surface area contributed by atoms with Crippen LogP contribution in [-0.4, -0.2) is 26.8 Å². The number of carbonyl (C=O) groups is 2. The number of hydrogen-bond donors (Lipinski definition) is 2. The Morgan fingerprint density at radius 3 is 2.52 bits per heavy atom. The molecule has 3 rings (SSSR count). The van der Waals surface area contributed by atoms with Crippen LogP contribution in [-0.2, 0) is 9.59 Å². The fourth-order valence-electron chi connectivity index (χ4n) is 2.63. The van der Waals surface area contributed by atoms with Crippen molar-refractivity contribution in [1.29, 1.82) is 0 Å². The van der Waals surface area contributed by atoms with Crippen molar-refractivity contribution < 1.29 is 14.7 Å². The van der Waals surface area contributed by atoms with Crippen LogP contribution in [0.4, 0.5) is 5.82 Å². The number of halogens is 1. The van der Waals surface area contributed by atoms with Gasteiger partial charge in [0.1, 0.15) is 5.82 Å². The van der Waals surface area contributed by atoms with Crippen molar-refractivity contribution in [2.45, 2.75) is 19.3 Å². The summed E-state index contributed by atoms with van der Waals surface area (Å²) in [5.74, 6) is -0.686. The predicted octanol–water partition coefficient (Wildman–Crippen LogP) is 4.39. The lowest BCUT2D eigenvalue weighted by Crippen LogP contribution is -2.15. The van der Waals surface area contributed by atoms with Gasteiger partial charge in [0.05, 0.1) is 11.4 Å². The molecule has 0 saturated heterocycles. The Hall–Kier alpha value is -3.12. The lowest BCUT2D eigenvalue weighted by Gasteiger charge is -2.09. The van der Waals surface area contributed by atoms with E-state index >= 15 is 0 Å². The summed E-state index contributed by atoms with van der Waals surface area (Å²) in [7, 11) is 0. The minimum Gasteiger partial charge on any atom is -0.481 e. The van der Waals surface area contributed by atoms with Crippen LogP contribution in [0.3, 0.4) is 0 Å². The zero-order valence-corrected chi connectivity index (χ0v) is 15.2. The van der Waals surface area contributed by atoms with E-state index in [0.717, 1.165) is 5.56 Å². The molecule has 0 aliphatic heterocycles. The molecule has 0 aliphatic carbocycles. The number of hydrogen-bond acceptors (Lipinski definition) is 3. The number of aromatic nitrogens is 2. The molecule has 2 N–H and O–H groups in total. The van der Waals surface area contributed by atoms with Crippen molar-refractivity contribution in [3.05, 3.63) is 65.7 Å². The van der Waals surface area contributed by atoms with Gasteiger partial charge in [-0.1, -0.05) is 48.0 Å². The normalized spacial score (nSPS) is 10.6. The second-order valence-corrected chi connectivity index (χ2v) is 6.40. The first-order valence-electron chi connectivity index (χ1n) is 8.46. The van der Waals surface area contributed by atoms with Crippen LogP contribution in [0.2, 0.25) is 5.02 Å². The first-order chi connectivity index (χ1) is 13.0. The van der Waals surface area contributed by atoms with Crippen molar-refractivity contribution in [2.75, 3.05) is 5.32 Å². The molecule has 0 aliphatic rings. The number of nitrogens with zero attached hydrogens (tertiary/aromatic N) is 2. The number of benzene rings is 2. The Bertz CT molecular complexity index is 954. The molecule has 0 unspecified atom stereocenters. The zero-order chi connectivity index (χ0) is 19.2. The predicted molar refractivity (Wildman–Crippen MR) is 104 cm³/mol. The van der Waals surface area contributed by atoms with Crippen LogP contribution in [0.25, 0.3) is 16.9 Å². The highest BCUT2D eigenvalue weighted by Gasteiger charge is 2.14. The molecule has 1 heterocycles. The molecule has 27 heavy (non-hydrogen) atoms. The lowest BCUT2D eigenvalue weighted by molar-refractivity contribution is -0.137. The van der Waals surface area contributed by atoms with E-state index in [1.807, 2.05) is 36.4 Å². The third-order valence-electron chi connectivity index (χ3n) is 3.89. The summed E-state index contributed by atoms with van der Waals surface area (Å²) in [6.07, 6.45) is 0.349. The largest absolute Gasteiger partial charge is 0.481 e. The molecular weight excluding hydrogens is 366 g/mol. The van der Waals surface area contributed by atoms with E-state index in [-0.39, 0.29) is 25.2 Å². The molecule has 0 radical (unpaired) electrons. The Balaban J connectivity index is 1.89. The monoisotopic (exact) mass is 383 g/mol. The maximum absolute atomic E-state index is 12.2. The van der Waals surface area contributed by atoms with E-state index in [9.17, 15) is 9.59 Å². The second kappa shape index (κ2) is 8.51. The minimum absolute atomic E-state index is 0.0454. The van der Waals surface area contributed by atoms with E-state index < -0.39 is 5.97 Å². The van der Waals surface area contributed by atoms with Gasteiger partial charge in [0.2, 0.25) is 5.91 Å². The molecule has 0 saturated carbocycles. The Kier molecular flexibility index (Phi) is 5.88. The molecule has 0 fully saturated rings. The van der Waals surface area contributed by atoms with Crippen molar-refractivity contribution >= 4 is 29.3 Å². The molecule has 2 aromatic carbocycles. The summed E-state index contributed by atoms with van der Waals surface area (Å²) < 4.78 is 1.61. The summed E-state index contributed by atoms with van der Waals surface area (Å²) >= 11 is 6.09. The van der Waals surface area contributed by atoms with Gasteiger partial charge in [-0.2, -0.15) is 5.10 Å². The summed E-state index contributed by atoms with van der Waals surface area (Å²) in [5.41, 5.74) is 2.33. The van der Waals surface area contributed by atoms with Gasteiger partial charge >= 0.3 is 5.97 Å². The average Bonchev–Trinajstić information content (AvgIpc) is 3.06. The van der Waals surface area contributed by atoms with Crippen molar-refractivity contribution in [3.63, 3.8) is 0 Å². The van der Waals surface area contributed by atoms with Crippen LogP contribution >= 0.6 is 11.6 Å². The third-order valence-corrected chi connectivity index (χ3v) is 4.13. The standard InChI is InChI=1S/C20H18ClN3O3/c21-15-8-4-9-16(12-15)24-18(22-19(25)10-5-11-20(26)27)13-17(23-24)14-6-2-1-3-7-14/h1-4,6-9,12-13H,5,10-11H2,(H,22,25)(H,26,27). The summed E-state index contributed by atoms with van der Waals surface area (Å²) in [4.78, 5) is 22.8. The van der Waals surface area contributed by atoms with Crippen molar-refractivity contribution in [2.24, 2.45) is 0 Å². The topological polar surface area (TPSA) is 84.2 Å². The number of aliphatic carboxylic acids is 1. The number of nitrogens with one attached hydrogen (secondary N) is 1. The second-order valence-electron chi connectivity index (χ2n) is 5.97. The number of anilines is 1. The van der Waals surface area contributed by atoms with Gasteiger partial charge in [-0.25, -0.2) is 4.68 Å². The summed E-state index contributed by atoms with van der Waals surface area (Å²) in [5, 5.41) is 16.7. The van der Waals surface area contributed by atoms with E-state index in [1.54, 1.807) is 28.9 Å². The van der Waals surface area contributed by atoms with E-state index in [4.69, 9.17) is 16.7 Å². The molecule has 1 amide bonds. The number of amides is 1. The zero-order valence-electron chi connectivity index (χ0n) is 14.4. The van der Waals surface area contributed by atoms with Gasteiger partial charge in [0.15, 0.2) is 0 Å². The molecule has 138 valence electrons. The lowest BCUT2D eigenvalue weighted by atomic mass is 10.1. The fraction of sp³-hybridized carbons (Fsp3) is 0.150. The Labute approximate surface area is 161 Å². The number of carboxylic acid groups (broad SMARTS) is 1. The summed E-state index contributed by atoms with van der Waals surface area (Å²) in [6.45, 7) is 0. The van der Waals surface area contributed by atoms with Gasteiger partial charge in [0.25, 0.3) is 0 Å². The minimum atomic E-state index is -0.918. The maximum Gasteiger partial charge on any atom is 0.303 e. The van der Waals surface area contributed by atoms with Gasteiger partial charge in [-0.15, -0.1) is 0 Å². The van der Waals surface area contributed by atoms with Crippen LogP contribution in [0, 0.1) is 0 Å². The van der Waals surface area contributed by atoms with Gasteiger partial charge in [-0.3, -0.25) is 9.59 Å². The summed E-state index contributed by atoms with van der Waals surface area (Å²) in [6, 6.07) is 18.6. The average molecular weight is 384 g/mol. The van der Waals surface area contributed by atoms with Crippen LogP contribution in [0.1, 0.15) is 19.3 Å². The van der Waals surface area contributed by atoms with E-state index in [1.165, 1.54) is 0 Å². The quantitative estimate of drug-likeness (QED) is 0.633. The third kappa shape index (κ3) is 4.95. The van der Waals surface area contributed by atoms with Crippen molar-refractivity contribution in [3.8, 4) is 16.9 Å². The molecule has 0 spiro atoms. The highest BCUT2D eigenvalue weighted by molar-refractivity contribution is 6.30. The molecular formula is C20H18ClN3O3. The molecule has 0 bridgehead atoms. The molecule has 6 nitrogen and oxygen atoms in total. The molecule has 0 atom stereocenters. The first kappa shape index (κ1) is 18.7. The maximum atomic E-state index is 12.2. The van der Waals surface area contributed by atoms with Crippen LogP contribution in [0.15, 0.2) is 60.7 Å². The Morgan fingerprint density at radius 1 is 1.04 bits per heavy atom. The van der Waals surface area contributed by atoms with Crippen LogP contribution in [0.5, 0.6) is 0 Å². The first-order valence-corrected chi connectivity index (χ1v) is 8.84. The van der Waals surface area contributed by atoms with Gasteiger partial charge in [-0.05, 0) is 24.6 Å². The highest BCUT2D eigenvalue weighted by atomic mass is 35.5. The number of rotatable bonds is 7. The van der Waals surface area contributed by atoms with Gasteiger partial charge in [0, 0.05) is 29.5 Å². The van der Waals surface area contributed by atoms with E-state index in [2.05, 4.69) is 10.4 Å². The van der Waals surface area contributed by atoms with E-state index in [0.29, 0.717) is 22.2 Å². The molecule has 7 heteroatoms. The van der Waals surface area contributed by atoms with Crippen molar-refractivity contribution in [1.82, 2.24) is 9.78 Å². The smallest absolute Gasteiger partial charge is 0.303 e. The SMILES string of the molecule is O=C(O)CCCC(=O)Nc1cc(-c2ccccc2)nn1-c1cccc(Cl)c1. The highest BCUT2D eigenvalue weighted by Crippen LogP contribution is 2.26.